The first-order chi connectivity index (χ1) is 12.7. The zero-order chi connectivity index (χ0) is 17.9. The summed E-state index contributed by atoms with van der Waals surface area (Å²) < 4.78 is 5.24. The van der Waals surface area contributed by atoms with Crippen LogP contribution < -0.4 is 4.74 Å². The highest BCUT2D eigenvalue weighted by Crippen LogP contribution is 2.28. The number of amides is 1. The number of aromatic amines is 1. The summed E-state index contributed by atoms with van der Waals surface area (Å²) in [4.78, 5) is 18.8. The Morgan fingerprint density at radius 3 is 2.92 bits per heavy atom. The van der Waals surface area contributed by atoms with Crippen molar-refractivity contribution in [3.8, 4) is 17.0 Å². The summed E-state index contributed by atoms with van der Waals surface area (Å²) in [7, 11) is 1.63. The number of hydrogen-bond acceptors (Lipinski definition) is 4. The van der Waals surface area contributed by atoms with Crippen LogP contribution in [0.4, 0.5) is 0 Å². The predicted molar refractivity (Wildman–Crippen MR) is 97.6 cm³/mol. The van der Waals surface area contributed by atoms with Crippen LogP contribution in [0, 0.1) is 0 Å². The van der Waals surface area contributed by atoms with Crippen molar-refractivity contribution < 1.29 is 9.53 Å². The van der Waals surface area contributed by atoms with E-state index in [1.165, 1.54) is 0 Å². The van der Waals surface area contributed by atoms with Gasteiger partial charge >= 0.3 is 0 Å². The van der Waals surface area contributed by atoms with Crippen LogP contribution in [0.15, 0.2) is 48.8 Å². The number of benzene rings is 1. The highest BCUT2D eigenvalue weighted by molar-refractivity contribution is 5.79. The van der Waals surface area contributed by atoms with Gasteiger partial charge in [0.25, 0.3) is 0 Å². The molecule has 0 saturated heterocycles. The van der Waals surface area contributed by atoms with Crippen molar-refractivity contribution in [2.45, 2.75) is 19.4 Å². The molecule has 0 saturated carbocycles. The Morgan fingerprint density at radius 2 is 2.12 bits per heavy atom. The van der Waals surface area contributed by atoms with E-state index in [0.29, 0.717) is 19.5 Å². The molecule has 2 aromatic heterocycles. The summed E-state index contributed by atoms with van der Waals surface area (Å²) in [5.74, 6) is 0.886. The van der Waals surface area contributed by atoms with Gasteiger partial charge in [0.15, 0.2) is 0 Å². The monoisotopic (exact) mass is 348 g/mol. The zero-order valence-electron chi connectivity index (χ0n) is 14.6. The number of aromatic nitrogens is 3. The van der Waals surface area contributed by atoms with E-state index in [0.717, 1.165) is 40.2 Å². The fourth-order valence-corrected chi connectivity index (χ4v) is 3.33. The Balaban J connectivity index is 1.52. The third-order valence-corrected chi connectivity index (χ3v) is 4.73. The van der Waals surface area contributed by atoms with E-state index in [4.69, 9.17) is 4.74 Å². The minimum atomic E-state index is 0.116. The lowest BCUT2D eigenvalue weighted by Gasteiger charge is -2.27. The van der Waals surface area contributed by atoms with Crippen molar-refractivity contribution >= 4 is 5.91 Å². The van der Waals surface area contributed by atoms with E-state index < -0.39 is 0 Å². The molecule has 1 aliphatic heterocycles. The van der Waals surface area contributed by atoms with Gasteiger partial charge in [-0.05, 0) is 29.8 Å². The van der Waals surface area contributed by atoms with Gasteiger partial charge in [-0.2, -0.15) is 5.10 Å². The maximum Gasteiger partial charge on any atom is 0.227 e. The van der Waals surface area contributed by atoms with E-state index in [2.05, 4.69) is 15.2 Å². The first-order valence-corrected chi connectivity index (χ1v) is 8.62. The summed E-state index contributed by atoms with van der Waals surface area (Å²) >= 11 is 0. The van der Waals surface area contributed by atoms with E-state index in [1.54, 1.807) is 19.5 Å². The smallest absolute Gasteiger partial charge is 0.227 e. The highest BCUT2D eigenvalue weighted by atomic mass is 16.5. The van der Waals surface area contributed by atoms with Crippen LogP contribution in [-0.2, 0) is 24.2 Å². The summed E-state index contributed by atoms with van der Waals surface area (Å²) in [5.41, 5.74) is 5.09. The van der Waals surface area contributed by atoms with Gasteiger partial charge in [-0.1, -0.05) is 12.1 Å². The zero-order valence-corrected chi connectivity index (χ0v) is 14.6. The molecule has 1 aromatic carbocycles. The molecule has 6 nitrogen and oxygen atoms in total. The Hall–Kier alpha value is -3.15. The third kappa shape index (κ3) is 3.18. The standard InChI is InChI=1S/C20H20N4O2/c1-26-16-4-2-3-14(11-16)12-19(25)24-10-7-18-17(13-24)20(23-22-18)15-5-8-21-9-6-15/h2-6,8-9,11H,7,10,12-13H2,1H3,(H,22,23). The SMILES string of the molecule is COc1cccc(CC(=O)N2CCc3[nH]nc(-c4ccncc4)c3C2)c1. The normalized spacial score (nSPS) is 13.3. The van der Waals surface area contributed by atoms with E-state index in [-0.39, 0.29) is 5.91 Å². The van der Waals surface area contributed by atoms with Crippen LogP contribution in [0.1, 0.15) is 16.8 Å². The topological polar surface area (TPSA) is 71.1 Å². The average molecular weight is 348 g/mol. The van der Waals surface area contributed by atoms with Crippen molar-refractivity contribution in [1.82, 2.24) is 20.1 Å². The van der Waals surface area contributed by atoms with Gasteiger partial charge in [0.05, 0.1) is 19.2 Å². The molecule has 1 N–H and O–H groups in total. The molecule has 0 radical (unpaired) electrons. The van der Waals surface area contributed by atoms with Crippen LogP contribution in [0.2, 0.25) is 0 Å². The summed E-state index contributed by atoms with van der Waals surface area (Å²) in [5, 5.41) is 7.59. The molecule has 0 atom stereocenters. The molecule has 0 bridgehead atoms. The molecule has 0 spiro atoms. The summed E-state index contributed by atoms with van der Waals surface area (Å²) in [6.07, 6.45) is 4.67. The van der Waals surface area contributed by atoms with E-state index >= 15 is 0 Å². The quantitative estimate of drug-likeness (QED) is 0.787. The number of hydrogen-bond donors (Lipinski definition) is 1. The predicted octanol–water partition coefficient (Wildman–Crippen LogP) is 2.61. The number of carbonyl (C=O) groups is 1. The number of pyridine rings is 1. The molecule has 6 heteroatoms. The molecule has 1 amide bonds. The molecule has 132 valence electrons. The highest BCUT2D eigenvalue weighted by Gasteiger charge is 2.25. The number of methoxy groups -OCH3 is 1. The Morgan fingerprint density at radius 1 is 1.27 bits per heavy atom. The first kappa shape index (κ1) is 16.3. The Kier molecular flexibility index (Phi) is 4.39. The van der Waals surface area contributed by atoms with Crippen molar-refractivity contribution in [1.29, 1.82) is 0 Å². The lowest BCUT2D eigenvalue weighted by atomic mass is 10.0. The number of H-pyrrole nitrogens is 1. The second-order valence-electron chi connectivity index (χ2n) is 6.36. The van der Waals surface area contributed by atoms with Gasteiger partial charge in [0.2, 0.25) is 5.91 Å². The number of nitrogens with one attached hydrogen (secondary N) is 1. The molecule has 26 heavy (non-hydrogen) atoms. The Bertz CT molecular complexity index is 921. The van der Waals surface area contributed by atoms with Crippen molar-refractivity contribution in [3.05, 3.63) is 65.6 Å². The molecular formula is C20H20N4O2. The number of ether oxygens (including phenoxy) is 1. The molecular weight excluding hydrogens is 328 g/mol. The van der Waals surface area contributed by atoms with Gasteiger partial charge < -0.3 is 9.64 Å². The minimum Gasteiger partial charge on any atom is -0.497 e. The van der Waals surface area contributed by atoms with E-state index in [9.17, 15) is 4.79 Å². The van der Waals surface area contributed by atoms with Crippen LogP contribution in [0.3, 0.4) is 0 Å². The van der Waals surface area contributed by atoms with Crippen LogP contribution in [-0.4, -0.2) is 39.6 Å². The van der Waals surface area contributed by atoms with Crippen LogP contribution in [0.5, 0.6) is 5.75 Å². The number of nitrogens with zero attached hydrogens (tertiary/aromatic N) is 3. The lowest BCUT2D eigenvalue weighted by Crippen LogP contribution is -2.36. The third-order valence-electron chi connectivity index (χ3n) is 4.73. The van der Waals surface area contributed by atoms with Crippen LogP contribution >= 0.6 is 0 Å². The van der Waals surface area contributed by atoms with Gasteiger partial charge in [0.1, 0.15) is 5.75 Å². The van der Waals surface area contributed by atoms with Gasteiger partial charge in [-0.25, -0.2) is 0 Å². The maximum absolute atomic E-state index is 12.8. The molecule has 4 rings (SSSR count). The van der Waals surface area contributed by atoms with Crippen molar-refractivity contribution in [2.75, 3.05) is 13.7 Å². The van der Waals surface area contributed by atoms with Crippen molar-refractivity contribution in [3.63, 3.8) is 0 Å². The van der Waals surface area contributed by atoms with Gasteiger partial charge in [0, 0.05) is 48.7 Å². The molecule has 3 heterocycles. The molecule has 0 aliphatic carbocycles. The molecule has 0 fully saturated rings. The van der Waals surface area contributed by atoms with Gasteiger partial charge in [-0.3, -0.25) is 14.9 Å². The second kappa shape index (κ2) is 7.00. The lowest BCUT2D eigenvalue weighted by molar-refractivity contribution is -0.131. The Labute approximate surface area is 151 Å². The molecule has 0 unspecified atom stereocenters. The maximum atomic E-state index is 12.8. The van der Waals surface area contributed by atoms with Crippen molar-refractivity contribution in [2.24, 2.45) is 0 Å². The fraction of sp³-hybridized carbons (Fsp3) is 0.250. The fourth-order valence-electron chi connectivity index (χ4n) is 3.33. The van der Waals surface area contributed by atoms with Gasteiger partial charge in [-0.15, -0.1) is 0 Å². The summed E-state index contributed by atoms with van der Waals surface area (Å²) in [6, 6.07) is 11.5. The average Bonchev–Trinajstić information content (AvgIpc) is 3.12. The number of rotatable bonds is 4. The number of carbonyl (C=O) groups excluding carboxylic acids is 1. The first-order valence-electron chi connectivity index (χ1n) is 8.62. The molecule has 1 aliphatic rings. The summed E-state index contributed by atoms with van der Waals surface area (Å²) in [6.45, 7) is 1.28. The van der Waals surface area contributed by atoms with Crippen LogP contribution in [0.25, 0.3) is 11.3 Å². The number of fused-ring (bicyclic) bond motifs is 1. The minimum absolute atomic E-state index is 0.116. The largest absolute Gasteiger partial charge is 0.497 e. The van der Waals surface area contributed by atoms with E-state index in [1.807, 2.05) is 41.3 Å². The second-order valence-corrected chi connectivity index (χ2v) is 6.36. The molecule has 3 aromatic rings.